The Morgan fingerprint density at radius 1 is 1.09 bits per heavy atom. The molecule has 1 aromatic heterocycles. The van der Waals surface area contributed by atoms with E-state index in [4.69, 9.17) is 4.74 Å². The first-order chi connectivity index (χ1) is 16.5. The van der Waals surface area contributed by atoms with Crippen molar-refractivity contribution < 1.29 is 13.5 Å². The van der Waals surface area contributed by atoms with Crippen molar-refractivity contribution in [3.05, 3.63) is 52.4 Å². The van der Waals surface area contributed by atoms with Gasteiger partial charge in [0.15, 0.2) is 11.6 Å². The Hall–Kier alpha value is -3.29. The smallest absolute Gasteiger partial charge is 0.326 e. The van der Waals surface area contributed by atoms with Crippen LogP contribution in [0.4, 0.5) is 20.4 Å². The molecule has 0 bridgehead atoms. The van der Waals surface area contributed by atoms with E-state index in [2.05, 4.69) is 26.4 Å². The number of amidine groups is 1. The van der Waals surface area contributed by atoms with Crippen molar-refractivity contribution in [2.75, 3.05) is 29.9 Å². The number of fused-ring (bicyclic) bond motifs is 1. The number of rotatable bonds is 5. The Morgan fingerprint density at radius 2 is 1.91 bits per heavy atom. The number of anilines is 2. The van der Waals surface area contributed by atoms with Gasteiger partial charge in [-0.3, -0.25) is 4.99 Å². The number of piperidine rings is 1. The van der Waals surface area contributed by atoms with Crippen molar-refractivity contribution in [2.24, 2.45) is 10.9 Å². The van der Waals surface area contributed by atoms with E-state index in [1.165, 1.54) is 18.4 Å². The highest BCUT2D eigenvalue weighted by molar-refractivity contribution is 6.05. The summed E-state index contributed by atoms with van der Waals surface area (Å²) in [6, 6.07) is 5.38. The van der Waals surface area contributed by atoms with Crippen LogP contribution in [-0.2, 0) is 6.42 Å². The van der Waals surface area contributed by atoms with Gasteiger partial charge in [-0.25, -0.2) is 8.78 Å². The molecule has 1 aromatic carbocycles. The third-order valence-corrected chi connectivity index (χ3v) is 6.85. The number of ether oxygens (including phenoxy) is 1. The molecule has 4 aliphatic rings. The van der Waals surface area contributed by atoms with Gasteiger partial charge in [-0.05, 0) is 68.2 Å². The van der Waals surface area contributed by atoms with E-state index < -0.39 is 12.0 Å². The molecule has 2 aliphatic heterocycles. The molecule has 6 nitrogen and oxygen atoms in total. The Kier molecular flexibility index (Phi) is 5.31. The molecule has 6 rings (SSSR count). The lowest BCUT2D eigenvalue weighted by Gasteiger charge is -2.29. The van der Waals surface area contributed by atoms with Gasteiger partial charge in [0.1, 0.15) is 23.6 Å². The first kappa shape index (κ1) is 21.3. The minimum atomic E-state index is -0.790. The first-order valence-electron chi connectivity index (χ1n) is 12.0. The molecule has 3 heterocycles. The summed E-state index contributed by atoms with van der Waals surface area (Å²) < 4.78 is 34.8. The summed E-state index contributed by atoms with van der Waals surface area (Å²) >= 11 is 0. The molecule has 176 valence electrons. The Bertz CT molecular complexity index is 1230. The van der Waals surface area contributed by atoms with Crippen molar-refractivity contribution in [3.63, 3.8) is 0 Å². The molecule has 0 amide bonds. The van der Waals surface area contributed by atoms with E-state index in [0.29, 0.717) is 55.6 Å². The van der Waals surface area contributed by atoms with Gasteiger partial charge in [-0.1, -0.05) is 17.7 Å². The number of hydrogen-bond donors (Lipinski definition) is 1. The molecule has 2 aliphatic carbocycles. The lowest BCUT2D eigenvalue weighted by Crippen LogP contribution is -2.35. The van der Waals surface area contributed by atoms with Crippen molar-refractivity contribution in [3.8, 4) is 11.8 Å². The summed E-state index contributed by atoms with van der Waals surface area (Å²) in [6.45, 7) is 3.81. The Balaban J connectivity index is 1.30. The average Bonchev–Trinajstić information content (AvgIpc) is 3.45. The maximum atomic E-state index is 15.2. The van der Waals surface area contributed by atoms with E-state index >= 15 is 4.39 Å². The standard InChI is InChI=1S/C26H27F2N5O/c1-15-10-17-4-5-21(25(28)20(17)11-15)34-26-31-23(30-22-12-18(14-29-22)16-2-3-16)13-24(32-26)33-8-6-19(27)7-9-33/h4-5,11-13,16,19H,2-3,6-10,14H2,1H3,(H,29,30,31,32). The van der Waals surface area contributed by atoms with Crippen LogP contribution in [0.25, 0.3) is 6.08 Å². The zero-order valence-electron chi connectivity index (χ0n) is 19.2. The third kappa shape index (κ3) is 4.29. The predicted molar refractivity (Wildman–Crippen MR) is 129 cm³/mol. The number of allylic oxidation sites excluding steroid dienone is 1. The van der Waals surface area contributed by atoms with Crippen molar-refractivity contribution in [2.45, 2.75) is 45.2 Å². The van der Waals surface area contributed by atoms with Gasteiger partial charge in [0.25, 0.3) is 0 Å². The molecule has 2 aromatic rings. The number of nitrogens with one attached hydrogen (secondary N) is 1. The first-order valence-corrected chi connectivity index (χ1v) is 12.0. The number of benzene rings is 1. The van der Waals surface area contributed by atoms with Crippen LogP contribution in [0, 0.1) is 11.7 Å². The summed E-state index contributed by atoms with van der Waals surface area (Å²) in [6.07, 6.45) is 7.26. The van der Waals surface area contributed by atoms with Gasteiger partial charge in [0.05, 0.1) is 6.54 Å². The van der Waals surface area contributed by atoms with Crippen LogP contribution in [0.3, 0.4) is 0 Å². The molecule has 1 N–H and O–H groups in total. The summed E-state index contributed by atoms with van der Waals surface area (Å²) in [5.41, 5.74) is 3.98. The number of aromatic nitrogens is 2. The van der Waals surface area contributed by atoms with Gasteiger partial charge in [-0.2, -0.15) is 9.97 Å². The summed E-state index contributed by atoms with van der Waals surface area (Å²) in [5.74, 6) is 2.24. The fourth-order valence-corrected chi connectivity index (χ4v) is 4.81. The van der Waals surface area contributed by atoms with Crippen molar-refractivity contribution >= 4 is 23.5 Å². The van der Waals surface area contributed by atoms with Crippen LogP contribution < -0.4 is 15.0 Å². The van der Waals surface area contributed by atoms with E-state index in [1.807, 2.05) is 30.0 Å². The quantitative estimate of drug-likeness (QED) is 0.638. The zero-order valence-corrected chi connectivity index (χ0v) is 19.2. The second-order valence-corrected chi connectivity index (χ2v) is 9.60. The molecule has 0 unspecified atom stereocenters. The number of nitrogens with zero attached hydrogens (tertiary/aromatic N) is 4. The topological polar surface area (TPSA) is 62.6 Å². The SMILES string of the molecule is CC1=Cc2c(ccc(Oc3nc(NC4=NCC(C5CC5)=C4)cc(N4CCC(F)CC4)n3)c2F)C1. The summed E-state index contributed by atoms with van der Waals surface area (Å²) in [5, 5.41) is 3.27. The number of hydrogen-bond acceptors (Lipinski definition) is 6. The lowest BCUT2D eigenvalue weighted by atomic mass is 10.1. The number of alkyl halides is 1. The fourth-order valence-electron chi connectivity index (χ4n) is 4.81. The minimum Gasteiger partial charge on any atom is -0.421 e. The molecular formula is C26H27F2N5O. The average molecular weight is 464 g/mol. The molecule has 8 heteroatoms. The van der Waals surface area contributed by atoms with Crippen LogP contribution >= 0.6 is 0 Å². The van der Waals surface area contributed by atoms with Crippen molar-refractivity contribution in [1.29, 1.82) is 0 Å². The number of halogens is 2. The highest BCUT2D eigenvalue weighted by Gasteiger charge is 2.28. The Morgan fingerprint density at radius 3 is 2.71 bits per heavy atom. The molecular weight excluding hydrogens is 436 g/mol. The fraction of sp³-hybridized carbons (Fsp3) is 0.423. The Labute approximate surface area is 197 Å². The molecule has 0 radical (unpaired) electrons. The molecule has 1 saturated heterocycles. The molecule has 0 spiro atoms. The van der Waals surface area contributed by atoms with Gasteiger partial charge in [-0.15, -0.1) is 0 Å². The highest BCUT2D eigenvalue weighted by atomic mass is 19.1. The van der Waals surface area contributed by atoms with E-state index in [9.17, 15) is 4.39 Å². The van der Waals surface area contributed by atoms with Gasteiger partial charge in [0, 0.05) is 24.7 Å². The van der Waals surface area contributed by atoms with Crippen LogP contribution in [0.5, 0.6) is 11.8 Å². The van der Waals surface area contributed by atoms with E-state index in [1.54, 1.807) is 6.07 Å². The lowest BCUT2D eigenvalue weighted by molar-refractivity contribution is 0.276. The normalized spacial score (nSPS) is 20.1. The molecule has 0 atom stereocenters. The molecule has 34 heavy (non-hydrogen) atoms. The maximum absolute atomic E-state index is 15.2. The van der Waals surface area contributed by atoms with Crippen LogP contribution in [0.15, 0.2) is 40.4 Å². The van der Waals surface area contributed by atoms with Crippen molar-refractivity contribution in [1.82, 2.24) is 9.97 Å². The molecule has 2 fully saturated rings. The summed E-state index contributed by atoms with van der Waals surface area (Å²) in [4.78, 5) is 15.6. The van der Waals surface area contributed by atoms with Crippen LogP contribution in [0.1, 0.15) is 43.7 Å². The van der Waals surface area contributed by atoms with E-state index in [-0.39, 0.29) is 11.8 Å². The van der Waals surface area contributed by atoms with Gasteiger partial charge >= 0.3 is 6.01 Å². The second-order valence-electron chi connectivity index (χ2n) is 9.60. The largest absolute Gasteiger partial charge is 0.421 e. The number of aliphatic imine (C=N–C) groups is 1. The van der Waals surface area contributed by atoms with Gasteiger partial charge < -0.3 is 15.0 Å². The summed E-state index contributed by atoms with van der Waals surface area (Å²) in [7, 11) is 0. The second kappa shape index (κ2) is 8.49. The highest BCUT2D eigenvalue weighted by Crippen LogP contribution is 2.38. The predicted octanol–water partition coefficient (Wildman–Crippen LogP) is 5.47. The van der Waals surface area contributed by atoms with Gasteiger partial charge in [0.2, 0.25) is 0 Å². The minimum absolute atomic E-state index is 0.0462. The maximum Gasteiger partial charge on any atom is 0.326 e. The third-order valence-electron chi connectivity index (χ3n) is 6.85. The van der Waals surface area contributed by atoms with Crippen LogP contribution in [-0.4, -0.2) is 41.6 Å². The monoisotopic (exact) mass is 463 g/mol. The zero-order chi connectivity index (χ0) is 23.2. The van der Waals surface area contributed by atoms with E-state index in [0.717, 1.165) is 23.4 Å². The molecule has 1 saturated carbocycles. The van der Waals surface area contributed by atoms with Crippen LogP contribution in [0.2, 0.25) is 0 Å².